The van der Waals surface area contributed by atoms with Crippen LogP contribution in [0.25, 0.3) is 0 Å². The summed E-state index contributed by atoms with van der Waals surface area (Å²) in [6.07, 6.45) is 0. The lowest BCUT2D eigenvalue weighted by atomic mass is 9.96. The summed E-state index contributed by atoms with van der Waals surface area (Å²) < 4.78 is 13.9. The Kier molecular flexibility index (Phi) is 6.17. The molecule has 1 heterocycles. The topological polar surface area (TPSA) is 18.5 Å². The van der Waals surface area contributed by atoms with Gasteiger partial charge in [0.1, 0.15) is 5.82 Å². The third-order valence-corrected chi connectivity index (χ3v) is 5.67. The number of thiocarbonyl (C=S) groups is 1. The molecule has 4 rings (SSSR count). The number of piperazine rings is 1. The van der Waals surface area contributed by atoms with Crippen LogP contribution in [0.4, 0.5) is 10.1 Å². The second kappa shape index (κ2) is 9.16. The summed E-state index contributed by atoms with van der Waals surface area (Å²) in [7, 11) is 0. The minimum Gasteiger partial charge on any atom is -0.346 e. The Labute approximate surface area is 176 Å². The molecule has 3 nitrogen and oxygen atoms in total. The van der Waals surface area contributed by atoms with Gasteiger partial charge in [0.2, 0.25) is 0 Å². The Bertz CT molecular complexity index is 901. The zero-order chi connectivity index (χ0) is 20.1. The summed E-state index contributed by atoms with van der Waals surface area (Å²) >= 11 is 5.54. The first-order valence-corrected chi connectivity index (χ1v) is 10.3. The van der Waals surface area contributed by atoms with E-state index in [9.17, 15) is 4.39 Å². The molecule has 0 aliphatic carbocycles. The fraction of sp³-hybridized carbons (Fsp3) is 0.208. The molecule has 0 atom stereocenters. The number of halogens is 1. The van der Waals surface area contributed by atoms with E-state index in [1.807, 2.05) is 0 Å². The predicted octanol–water partition coefficient (Wildman–Crippen LogP) is 4.93. The van der Waals surface area contributed by atoms with Gasteiger partial charge in [0.15, 0.2) is 5.11 Å². The molecule has 1 aliphatic rings. The highest BCUT2D eigenvalue weighted by Crippen LogP contribution is 2.29. The van der Waals surface area contributed by atoms with Gasteiger partial charge in [-0.05, 0) is 35.5 Å². The van der Waals surface area contributed by atoms with E-state index in [4.69, 9.17) is 12.2 Å². The second-order valence-corrected chi connectivity index (χ2v) is 7.54. The fourth-order valence-electron chi connectivity index (χ4n) is 3.82. The van der Waals surface area contributed by atoms with Gasteiger partial charge in [0.05, 0.1) is 11.7 Å². The van der Waals surface area contributed by atoms with Crippen LogP contribution in [-0.4, -0.2) is 41.1 Å². The molecule has 0 aromatic heterocycles. The van der Waals surface area contributed by atoms with E-state index in [1.54, 1.807) is 18.2 Å². The first-order chi connectivity index (χ1) is 14.2. The van der Waals surface area contributed by atoms with E-state index in [0.29, 0.717) is 10.8 Å². The summed E-state index contributed by atoms with van der Waals surface area (Å²) in [4.78, 5) is 4.61. The molecule has 5 heteroatoms. The lowest BCUT2D eigenvalue weighted by molar-refractivity contribution is 0.151. The van der Waals surface area contributed by atoms with Gasteiger partial charge in [0.25, 0.3) is 0 Å². The minimum atomic E-state index is -0.290. The number of hydrogen-bond donors (Lipinski definition) is 1. The molecule has 1 fully saturated rings. The van der Waals surface area contributed by atoms with E-state index in [2.05, 4.69) is 75.8 Å². The van der Waals surface area contributed by atoms with E-state index in [0.717, 1.165) is 26.2 Å². The summed E-state index contributed by atoms with van der Waals surface area (Å²) in [6.45, 7) is 3.37. The molecule has 1 N–H and O–H groups in total. The summed E-state index contributed by atoms with van der Waals surface area (Å²) in [5.74, 6) is -0.290. The smallest absolute Gasteiger partial charge is 0.173 e. The molecule has 148 valence electrons. The molecule has 0 unspecified atom stereocenters. The van der Waals surface area contributed by atoms with Crippen molar-refractivity contribution in [2.24, 2.45) is 0 Å². The van der Waals surface area contributed by atoms with Gasteiger partial charge in [-0.1, -0.05) is 72.8 Å². The SMILES string of the molecule is Fc1ccccc1NC(=S)N1CCN(C(c2ccccc2)c2ccccc2)CC1. The van der Waals surface area contributed by atoms with Crippen LogP contribution in [0.2, 0.25) is 0 Å². The van der Waals surface area contributed by atoms with Gasteiger partial charge in [-0.25, -0.2) is 4.39 Å². The molecule has 0 amide bonds. The number of nitrogens with one attached hydrogen (secondary N) is 1. The van der Waals surface area contributed by atoms with Gasteiger partial charge >= 0.3 is 0 Å². The standard InChI is InChI=1S/C24H24FN3S/c25-21-13-7-8-14-22(21)26-24(29)28-17-15-27(16-18-28)23(19-9-3-1-4-10-19)20-11-5-2-6-12-20/h1-14,23H,15-18H2,(H,26,29). The molecule has 3 aromatic carbocycles. The maximum absolute atomic E-state index is 13.9. The van der Waals surface area contributed by atoms with Crippen LogP contribution < -0.4 is 5.32 Å². The quantitative estimate of drug-likeness (QED) is 0.620. The summed E-state index contributed by atoms with van der Waals surface area (Å²) in [5.41, 5.74) is 3.00. The fourth-order valence-corrected chi connectivity index (χ4v) is 4.12. The van der Waals surface area contributed by atoms with Crippen molar-refractivity contribution in [3.05, 3.63) is 102 Å². The molecular formula is C24H24FN3S. The molecule has 3 aromatic rings. The molecule has 0 spiro atoms. The Morgan fingerprint density at radius 3 is 1.83 bits per heavy atom. The second-order valence-electron chi connectivity index (χ2n) is 7.16. The molecule has 0 radical (unpaired) electrons. The number of benzene rings is 3. The Morgan fingerprint density at radius 2 is 1.28 bits per heavy atom. The first-order valence-electron chi connectivity index (χ1n) is 9.87. The first kappa shape index (κ1) is 19.6. The van der Waals surface area contributed by atoms with Crippen molar-refractivity contribution in [1.82, 2.24) is 9.80 Å². The van der Waals surface area contributed by atoms with E-state index >= 15 is 0 Å². The number of para-hydroxylation sites is 1. The van der Waals surface area contributed by atoms with Crippen molar-refractivity contribution < 1.29 is 4.39 Å². The summed E-state index contributed by atoms with van der Waals surface area (Å²) in [6, 6.07) is 28.1. The van der Waals surface area contributed by atoms with Crippen molar-refractivity contribution in [3.8, 4) is 0 Å². The van der Waals surface area contributed by atoms with Crippen LogP contribution in [0.3, 0.4) is 0 Å². The lowest BCUT2D eigenvalue weighted by Gasteiger charge is -2.40. The van der Waals surface area contributed by atoms with Crippen molar-refractivity contribution in [1.29, 1.82) is 0 Å². The Morgan fingerprint density at radius 1 is 0.759 bits per heavy atom. The Hall–Kier alpha value is -2.76. The highest BCUT2D eigenvalue weighted by molar-refractivity contribution is 7.80. The van der Waals surface area contributed by atoms with Gasteiger partial charge in [-0.15, -0.1) is 0 Å². The van der Waals surface area contributed by atoms with E-state index in [-0.39, 0.29) is 11.9 Å². The van der Waals surface area contributed by atoms with Gasteiger partial charge in [-0.3, -0.25) is 4.90 Å². The molecule has 0 saturated carbocycles. The van der Waals surface area contributed by atoms with Gasteiger partial charge < -0.3 is 10.2 Å². The highest BCUT2D eigenvalue weighted by Gasteiger charge is 2.27. The zero-order valence-electron chi connectivity index (χ0n) is 16.2. The van der Waals surface area contributed by atoms with E-state index < -0.39 is 0 Å². The number of anilines is 1. The van der Waals surface area contributed by atoms with Crippen LogP contribution in [0.5, 0.6) is 0 Å². The monoisotopic (exact) mass is 405 g/mol. The largest absolute Gasteiger partial charge is 0.346 e. The molecule has 29 heavy (non-hydrogen) atoms. The van der Waals surface area contributed by atoms with Crippen molar-refractivity contribution in [2.45, 2.75) is 6.04 Å². The minimum absolute atomic E-state index is 0.215. The van der Waals surface area contributed by atoms with Crippen molar-refractivity contribution in [3.63, 3.8) is 0 Å². The van der Waals surface area contributed by atoms with Crippen LogP contribution in [0, 0.1) is 5.82 Å². The van der Waals surface area contributed by atoms with Crippen LogP contribution >= 0.6 is 12.2 Å². The number of rotatable bonds is 4. The van der Waals surface area contributed by atoms with Crippen LogP contribution in [-0.2, 0) is 0 Å². The van der Waals surface area contributed by atoms with Crippen molar-refractivity contribution in [2.75, 3.05) is 31.5 Å². The predicted molar refractivity (Wildman–Crippen MR) is 120 cm³/mol. The normalized spacial score (nSPS) is 14.8. The van der Waals surface area contributed by atoms with Crippen LogP contribution in [0.1, 0.15) is 17.2 Å². The molecule has 1 aliphatic heterocycles. The summed E-state index contributed by atoms with van der Waals surface area (Å²) in [5, 5.41) is 3.63. The lowest BCUT2D eigenvalue weighted by Crippen LogP contribution is -2.51. The van der Waals surface area contributed by atoms with Crippen molar-refractivity contribution >= 4 is 23.0 Å². The average Bonchev–Trinajstić information content (AvgIpc) is 2.77. The molecular weight excluding hydrogens is 381 g/mol. The maximum Gasteiger partial charge on any atom is 0.173 e. The average molecular weight is 406 g/mol. The molecule has 0 bridgehead atoms. The molecule has 1 saturated heterocycles. The zero-order valence-corrected chi connectivity index (χ0v) is 17.0. The van der Waals surface area contributed by atoms with Gasteiger partial charge in [0, 0.05) is 26.2 Å². The number of nitrogens with zero attached hydrogens (tertiary/aromatic N) is 2. The van der Waals surface area contributed by atoms with Gasteiger partial charge in [-0.2, -0.15) is 0 Å². The van der Waals surface area contributed by atoms with E-state index in [1.165, 1.54) is 17.2 Å². The Balaban J connectivity index is 1.46. The third-order valence-electron chi connectivity index (χ3n) is 5.31. The highest BCUT2D eigenvalue weighted by atomic mass is 32.1. The number of hydrogen-bond acceptors (Lipinski definition) is 2. The third kappa shape index (κ3) is 4.63. The van der Waals surface area contributed by atoms with Crippen LogP contribution in [0.15, 0.2) is 84.9 Å². The maximum atomic E-state index is 13.9.